The summed E-state index contributed by atoms with van der Waals surface area (Å²) in [7, 11) is 1.32. The molecule has 0 atom stereocenters. The quantitative estimate of drug-likeness (QED) is 0.363. The van der Waals surface area contributed by atoms with E-state index in [1.807, 2.05) is 44.4 Å². The zero-order valence-electron chi connectivity index (χ0n) is 18.7. The number of rotatable bonds is 9. The first-order valence-corrected chi connectivity index (χ1v) is 11.9. The monoisotopic (exact) mass is 474 g/mol. The Hall–Kier alpha value is -2.85. The maximum Gasteiger partial charge on any atom is 0.340 e. The number of hydrogen-bond donors (Lipinski definition) is 1. The van der Waals surface area contributed by atoms with E-state index in [1.165, 1.54) is 35.8 Å². The van der Waals surface area contributed by atoms with E-state index in [2.05, 4.69) is 21.6 Å². The van der Waals surface area contributed by atoms with E-state index in [1.54, 1.807) is 6.07 Å². The fraction of sp³-hybridized carbons (Fsp3) is 0.364. The van der Waals surface area contributed by atoms with Crippen molar-refractivity contribution in [2.24, 2.45) is 0 Å². The summed E-state index contributed by atoms with van der Waals surface area (Å²) in [5.41, 5.74) is 2.60. The number of benzene rings is 1. The summed E-state index contributed by atoms with van der Waals surface area (Å²) in [4.78, 5) is 25.3. The van der Waals surface area contributed by atoms with Crippen LogP contribution in [0, 0.1) is 20.8 Å². The number of carbonyl (C=O) groups excluding carboxylic acids is 2. The highest BCUT2D eigenvalue weighted by molar-refractivity contribution is 7.99. The molecule has 3 rings (SSSR count). The average molecular weight is 475 g/mol. The first-order chi connectivity index (χ1) is 15.3. The van der Waals surface area contributed by atoms with Crippen LogP contribution >= 0.6 is 23.1 Å². The molecule has 0 unspecified atom stereocenters. The summed E-state index contributed by atoms with van der Waals surface area (Å²) in [5, 5.41) is 12.4. The molecule has 0 aliphatic rings. The molecule has 8 nitrogen and oxygen atoms in total. The van der Waals surface area contributed by atoms with Gasteiger partial charge in [0, 0.05) is 11.4 Å². The molecule has 0 fully saturated rings. The lowest BCUT2D eigenvalue weighted by atomic mass is 10.1. The SMILES string of the molecule is CCn1c(COc2ccc(C)cc2C)nnc1SCC(=O)Nc1sc(C)cc1C(=O)OC. The van der Waals surface area contributed by atoms with E-state index in [9.17, 15) is 9.59 Å². The van der Waals surface area contributed by atoms with E-state index in [4.69, 9.17) is 9.47 Å². The molecule has 0 spiro atoms. The van der Waals surface area contributed by atoms with Crippen LogP contribution < -0.4 is 10.1 Å². The number of carbonyl (C=O) groups is 2. The highest BCUT2D eigenvalue weighted by Crippen LogP contribution is 2.29. The van der Waals surface area contributed by atoms with Crippen molar-refractivity contribution in [3.05, 3.63) is 51.7 Å². The third-order valence-corrected chi connectivity index (χ3v) is 6.58. The Bertz CT molecular complexity index is 1120. The molecule has 0 saturated carbocycles. The van der Waals surface area contributed by atoms with Crippen molar-refractivity contribution >= 4 is 40.0 Å². The molecule has 0 saturated heterocycles. The molecule has 2 heterocycles. The van der Waals surface area contributed by atoms with Crippen LogP contribution in [0.25, 0.3) is 0 Å². The number of aryl methyl sites for hydroxylation is 3. The van der Waals surface area contributed by atoms with Crippen LogP contribution in [0.4, 0.5) is 5.00 Å². The number of thiophene rings is 1. The normalized spacial score (nSPS) is 10.8. The number of amides is 1. The van der Waals surface area contributed by atoms with E-state index in [0.717, 1.165) is 16.2 Å². The van der Waals surface area contributed by atoms with Gasteiger partial charge in [0.05, 0.1) is 18.4 Å². The van der Waals surface area contributed by atoms with Gasteiger partial charge in [-0.1, -0.05) is 29.5 Å². The second-order valence-electron chi connectivity index (χ2n) is 7.13. The fourth-order valence-corrected chi connectivity index (χ4v) is 4.85. The van der Waals surface area contributed by atoms with Crippen LogP contribution in [0.3, 0.4) is 0 Å². The molecule has 1 N–H and O–H groups in total. The van der Waals surface area contributed by atoms with Crippen molar-refractivity contribution < 1.29 is 19.1 Å². The summed E-state index contributed by atoms with van der Waals surface area (Å²) in [5.74, 6) is 0.921. The number of nitrogens with zero attached hydrogens (tertiary/aromatic N) is 3. The number of thioether (sulfide) groups is 1. The highest BCUT2D eigenvalue weighted by Gasteiger charge is 2.19. The van der Waals surface area contributed by atoms with Crippen LogP contribution in [0.5, 0.6) is 5.75 Å². The van der Waals surface area contributed by atoms with Gasteiger partial charge in [0.15, 0.2) is 11.0 Å². The topological polar surface area (TPSA) is 95.3 Å². The molecule has 0 aliphatic carbocycles. The summed E-state index contributed by atoms with van der Waals surface area (Å²) >= 11 is 2.62. The maximum atomic E-state index is 12.5. The maximum absolute atomic E-state index is 12.5. The third kappa shape index (κ3) is 5.68. The minimum atomic E-state index is -0.475. The minimum absolute atomic E-state index is 0.133. The molecule has 2 aromatic heterocycles. The zero-order valence-corrected chi connectivity index (χ0v) is 20.4. The van der Waals surface area contributed by atoms with Gasteiger partial charge in [-0.25, -0.2) is 4.79 Å². The standard InChI is InChI=1S/C22H26N4O4S2/c1-6-26-18(11-30-17-8-7-13(2)9-14(17)3)24-25-22(26)31-12-19(27)23-20-16(21(28)29-5)10-15(4)32-20/h7-10H,6,11-12H2,1-5H3,(H,23,27). The van der Waals surface area contributed by atoms with Gasteiger partial charge in [0.2, 0.25) is 5.91 Å². The van der Waals surface area contributed by atoms with Gasteiger partial charge < -0.3 is 19.4 Å². The summed E-state index contributed by atoms with van der Waals surface area (Å²) in [6, 6.07) is 7.73. The predicted molar refractivity (Wildman–Crippen MR) is 126 cm³/mol. The van der Waals surface area contributed by atoms with E-state index in [0.29, 0.717) is 28.1 Å². The zero-order chi connectivity index (χ0) is 23.3. The first kappa shape index (κ1) is 23.8. The predicted octanol–water partition coefficient (Wildman–Crippen LogP) is 4.38. The number of ether oxygens (including phenoxy) is 2. The Balaban J connectivity index is 1.61. The number of esters is 1. The van der Waals surface area contributed by atoms with Gasteiger partial charge in [0.25, 0.3) is 0 Å². The molecule has 3 aromatic rings. The molecule has 1 aromatic carbocycles. The first-order valence-electron chi connectivity index (χ1n) is 10.1. The van der Waals surface area contributed by atoms with Crippen LogP contribution in [0.15, 0.2) is 29.4 Å². The van der Waals surface area contributed by atoms with Crippen molar-refractivity contribution in [2.45, 2.75) is 46.0 Å². The van der Waals surface area contributed by atoms with Crippen molar-refractivity contribution in [3.8, 4) is 5.75 Å². The van der Waals surface area contributed by atoms with Gasteiger partial charge in [-0.3, -0.25) is 4.79 Å². The van der Waals surface area contributed by atoms with Gasteiger partial charge >= 0.3 is 5.97 Å². The fourth-order valence-electron chi connectivity index (χ4n) is 3.12. The Kier molecular flexibility index (Phi) is 7.92. The van der Waals surface area contributed by atoms with Crippen LogP contribution in [-0.2, 0) is 22.7 Å². The molecule has 32 heavy (non-hydrogen) atoms. The number of methoxy groups -OCH3 is 1. The number of aromatic nitrogens is 3. The Morgan fingerprint density at radius 2 is 1.97 bits per heavy atom. The van der Waals surface area contributed by atoms with Crippen molar-refractivity contribution in [3.63, 3.8) is 0 Å². The second-order valence-corrected chi connectivity index (χ2v) is 9.33. The third-order valence-electron chi connectivity index (χ3n) is 4.64. The largest absolute Gasteiger partial charge is 0.485 e. The summed E-state index contributed by atoms with van der Waals surface area (Å²) < 4.78 is 12.6. The van der Waals surface area contributed by atoms with Gasteiger partial charge in [-0.15, -0.1) is 21.5 Å². The molecule has 1 amide bonds. The van der Waals surface area contributed by atoms with E-state index in [-0.39, 0.29) is 18.3 Å². The molecule has 10 heteroatoms. The number of nitrogens with one attached hydrogen (secondary N) is 1. The molecular formula is C22H26N4O4S2. The number of hydrogen-bond acceptors (Lipinski definition) is 8. The Labute approximate surface area is 195 Å². The molecule has 0 bridgehead atoms. The summed E-state index contributed by atoms with van der Waals surface area (Å²) in [6.45, 7) is 8.85. The van der Waals surface area contributed by atoms with Crippen molar-refractivity contribution in [2.75, 3.05) is 18.2 Å². The summed E-state index contributed by atoms with van der Waals surface area (Å²) in [6.07, 6.45) is 0. The lowest BCUT2D eigenvalue weighted by Gasteiger charge is -2.11. The van der Waals surface area contributed by atoms with Crippen LogP contribution in [-0.4, -0.2) is 39.5 Å². The molecular weight excluding hydrogens is 448 g/mol. The van der Waals surface area contributed by atoms with Gasteiger partial charge in [-0.05, 0) is 45.4 Å². The van der Waals surface area contributed by atoms with E-state index >= 15 is 0 Å². The smallest absolute Gasteiger partial charge is 0.340 e. The number of anilines is 1. The Morgan fingerprint density at radius 3 is 2.66 bits per heavy atom. The molecule has 0 radical (unpaired) electrons. The van der Waals surface area contributed by atoms with Crippen LogP contribution in [0.2, 0.25) is 0 Å². The minimum Gasteiger partial charge on any atom is -0.485 e. The molecule has 0 aliphatic heterocycles. The van der Waals surface area contributed by atoms with E-state index < -0.39 is 5.97 Å². The Morgan fingerprint density at radius 1 is 1.19 bits per heavy atom. The van der Waals surface area contributed by atoms with Gasteiger partial charge in [0.1, 0.15) is 17.4 Å². The average Bonchev–Trinajstić information content (AvgIpc) is 3.33. The molecule has 170 valence electrons. The lowest BCUT2D eigenvalue weighted by molar-refractivity contribution is -0.113. The highest BCUT2D eigenvalue weighted by atomic mass is 32.2. The lowest BCUT2D eigenvalue weighted by Crippen LogP contribution is -2.16. The van der Waals surface area contributed by atoms with Crippen molar-refractivity contribution in [1.29, 1.82) is 0 Å². The second kappa shape index (κ2) is 10.6. The van der Waals surface area contributed by atoms with Crippen LogP contribution in [0.1, 0.15) is 39.1 Å². The van der Waals surface area contributed by atoms with Crippen molar-refractivity contribution in [1.82, 2.24) is 14.8 Å². The van der Waals surface area contributed by atoms with Gasteiger partial charge in [-0.2, -0.15) is 0 Å².